The van der Waals surface area contributed by atoms with E-state index in [0.29, 0.717) is 29.1 Å². The Labute approximate surface area is 162 Å². The molecule has 4 rings (SSSR count). The molecular formula is C23H20N2O3. The van der Waals surface area contributed by atoms with Gasteiger partial charge in [-0.05, 0) is 48.4 Å². The van der Waals surface area contributed by atoms with Crippen LogP contribution in [0.5, 0.6) is 5.75 Å². The van der Waals surface area contributed by atoms with E-state index < -0.39 is 0 Å². The summed E-state index contributed by atoms with van der Waals surface area (Å²) in [7, 11) is 0. The minimum atomic E-state index is -0.255. The number of H-pyrrole nitrogens is 1. The van der Waals surface area contributed by atoms with E-state index >= 15 is 0 Å². The number of ether oxygens (including phenoxy) is 1. The van der Waals surface area contributed by atoms with Gasteiger partial charge in [-0.3, -0.25) is 9.59 Å². The van der Waals surface area contributed by atoms with E-state index in [4.69, 9.17) is 4.74 Å². The van der Waals surface area contributed by atoms with Crippen LogP contribution in [0.3, 0.4) is 0 Å². The van der Waals surface area contributed by atoms with Crippen LogP contribution in [0.2, 0.25) is 0 Å². The number of aryl methyl sites for hydroxylation is 1. The summed E-state index contributed by atoms with van der Waals surface area (Å²) in [6.07, 6.45) is 0. The number of nitrogens with one attached hydrogen (secondary N) is 2. The van der Waals surface area contributed by atoms with Crippen molar-refractivity contribution in [1.82, 2.24) is 4.98 Å². The molecule has 0 spiro atoms. The molecule has 5 heteroatoms. The van der Waals surface area contributed by atoms with Crippen LogP contribution in [0.15, 0.2) is 65.5 Å². The summed E-state index contributed by atoms with van der Waals surface area (Å²) in [4.78, 5) is 27.7. The number of benzene rings is 3. The van der Waals surface area contributed by atoms with Crippen molar-refractivity contribution in [3.63, 3.8) is 0 Å². The molecule has 0 bridgehead atoms. The first-order valence-electron chi connectivity index (χ1n) is 9.16. The van der Waals surface area contributed by atoms with E-state index in [9.17, 15) is 9.59 Å². The number of hydrogen-bond donors (Lipinski definition) is 2. The third-order valence-corrected chi connectivity index (χ3v) is 4.73. The Morgan fingerprint density at radius 2 is 1.86 bits per heavy atom. The van der Waals surface area contributed by atoms with Crippen molar-refractivity contribution in [1.29, 1.82) is 0 Å². The van der Waals surface area contributed by atoms with Crippen molar-refractivity contribution < 1.29 is 9.53 Å². The molecule has 3 aromatic carbocycles. The average molecular weight is 372 g/mol. The average Bonchev–Trinajstić information content (AvgIpc) is 2.67. The number of amides is 1. The number of carbonyl (C=O) groups excluding carboxylic acids is 1. The second-order valence-corrected chi connectivity index (χ2v) is 6.62. The first-order chi connectivity index (χ1) is 13.6. The Morgan fingerprint density at radius 1 is 1.04 bits per heavy atom. The Kier molecular flexibility index (Phi) is 4.57. The number of hydrogen-bond acceptors (Lipinski definition) is 3. The van der Waals surface area contributed by atoms with Gasteiger partial charge in [0.15, 0.2) is 0 Å². The molecule has 2 N–H and O–H groups in total. The number of aromatic amines is 1. The van der Waals surface area contributed by atoms with E-state index in [1.54, 1.807) is 12.1 Å². The molecule has 4 aromatic rings. The van der Waals surface area contributed by atoms with Gasteiger partial charge in [0.25, 0.3) is 5.91 Å². The second-order valence-electron chi connectivity index (χ2n) is 6.62. The van der Waals surface area contributed by atoms with E-state index in [1.807, 2.05) is 62.4 Å². The summed E-state index contributed by atoms with van der Waals surface area (Å²) >= 11 is 0. The normalized spacial score (nSPS) is 10.9. The third-order valence-electron chi connectivity index (χ3n) is 4.73. The van der Waals surface area contributed by atoms with E-state index in [2.05, 4.69) is 10.3 Å². The quantitative estimate of drug-likeness (QED) is 0.548. The van der Waals surface area contributed by atoms with Gasteiger partial charge in [-0.2, -0.15) is 0 Å². The molecule has 1 aromatic heterocycles. The van der Waals surface area contributed by atoms with Crippen molar-refractivity contribution in [2.75, 3.05) is 11.9 Å². The van der Waals surface area contributed by atoms with Crippen LogP contribution in [0.25, 0.3) is 21.7 Å². The maximum atomic E-state index is 13.1. The Morgan fingerprint density at radius 3 is 2.68 bits per heavy atom. The van der Waals surface area contributed by atoms with Crippen molar-refractivity contribution in [2.45, 2.75) is 13.8 Å². The van der Waals surface area contributed by atoms with Crippen molar-refractivity contribution in [3.05, 3.63) is 82.1 Å². The summed E-state index contributed by atoms with van der Waals surface area (Å²) < 4.78 is 5.70. The molecular weight excluding hydrogens is 352 g/mol. The highest BCUT2D eigenvalue weighted by molar-refractivity contribution is 6.15. The highest BCUT2D eigenvalue weighted by atomic mass is 16.5. The smallest absolute Gasteiger partial charge is 0.260 e. The molecule has 0 saturated carbocycles. The fraction of sp³-hybridized carbons (Fsp3) is 0.130. The minimum Gasteiger partial charge on any atom is -0.493 e. The lowest BCUT2D eigenvalue weighted by molar-refractivity contribution is 0.102. The Bertz CT molecular complexity index is 1260. The maximum absolute atomic E-state index is 13.1. The van der Waals surface area contributed by atoms with Crippen molar-refractivity contribution in [3.8, 4) is 5.75 Å². The molecule has 0 radical (unpaired) electrons. The van der Waals surface area contributed by atoms with E-state index in [1.165, 1.54) is 0 Å². The predicted molar refractivity (Wildman–Crippen MR) is 112 cm³/mol. The largest absolute Gasteiger partial charge is 0.493 e. The topological polar surface area (TPSA) is 71.2 Å². The molecule has 28 heavy (non-hydrogen) atoms. The summed E-state index contributed by atoms with van der Waals surface area (Å²) in [5.74, 6) is 0.290. The first-order valence-corrected chi connectivity index (χ1v) is 9.16. The monoisotopic (exact) mass is 372 g/mol. The summed E-state index contributed by atoms with van der Waals surface area (Å²) in [6, 6.07) is 18.5. The second kappa shape index (κ2) is 7.19. The number of fused-ring (bicyclic) bond motifs is 2. The lowest BCUT2D eigenvalue weighted by Gasteiger charge is -2.14. The summed E-state index contributed by atoms with van der Waals surface area (Å²) in [5, 5.41) is 5.68. The van der Waals surface area contributed by atoms with Gasteiger partial charge in [-0.15, -0.1) is 0 Å². The molecule has 0 fully saturated rings. The lowest BCUT2D eigenvalue weighted by atomic mass is 10.0. The van der Waals surface area contributed by atoms with Gasteiger partial charge in [0, 0.05) is 17.1 Å². The Balaban J connectivity index is 1.77. The zero-order chi connectivity index (χ0) is 19.7. The SMILES string of the molecule is CCOc1ccc2ccccc2c1C(=O)Nc1ccc2c(C)cc(=O)[nH]c2c1. The van der Waals surface area contributed by atoms with Crippen LogP contribution >= 0.6 is 0 Å². The molecule has 0 unspecified atom stereocenters. The molecule has 0 aliphatic heterocycles. The summed E-state index contributed by atoms with van der Waals surface area (Å²) in [5.41, 5.74) is 2.52. The number of anilines is 1. The van der Waals surface area contributed by atoms with Gasteiger partial charge in [0.05, 0.1) is 17.7 Å². The lowest BCUT2D eigenvalue weighted by Crippen LogP contribution is -2.14. The van der Waals surface area contributed by atoms with Crippen LogP contribution in [-0.4, -0.2) is 17.5 Å². The molecule has 1 heterocycles. The standard InChI is InChI=1S/C23H20N2O3/c1-3-28-20-11-8-15-6-4-5-7-18(15)22(20)23(27)24-16-9-10-17-14(2)12-21(26)25-19(17)13-16/h4-13H,3H2,1-2H3,(H,24,27)(H,25,26). The first kappa shape index (κ1) is 17.8. The van der Waals surface area contributed by atoms with E-state index in [0.717, 1.165) is 21.7 Å². The van der Waals surface area contributed by atoms with Crippen LogP contribution in [0, 0.1) is 6.92 Å². The number of aromatic nitrogens is 1. The van der Waals surface area contributed by atoms with Gasteiger partial charge >= 0.3 is 0 Å². The van der Waals surface area contributed by atoms with Crippen LogP contribution in [-0.2, 0) is 0 Å². The highest BCUT2D eigenvalue weighted by Crippen LogP contribution is 2.29. The molecule has 0 aliphatic carbocycles. The van der Waals surface area contributed by atoms with E-state index in [-0.39, 0.29) is 11.5 Å². The summed E-state index contributed by atoms with van der Waals surface area (Å²) in [6.45, 7) is 4.24. The zero-order valence-corrected chi connectivity index (χ0v) is 15.7. The minimum absolute atomic E-state index is 0.166. The number of rotatable bonds is 4. The predicted octanol–water partition coefficient (Wildman–Crippen LogP) is 4.64. The van der Waals surface area contributed by atoms with Gasteiger partial charge in [-0.25, -0.2) is 0 Å². The van der Waals surface area contributed by atoms with Gasteiger partial charge < -0.3 is 15.0 Å². The molecule has 0 saturated heterocycles. The molecule has 5 nitrogen and oxygen atoms in total. The Hall–Kier alpha value is -3.60. The van der Waals surface area contributed by atoms with Crippen molar-refractivity contribution in [2.24, 2.45) is 0 Å². The fourth-order valence-electron chi connectivity index (χ4n) is 3.47. The number of carbonyl (C=O) groups is 1. The number of pyridine rings is 1. The third kappa shape index (κ3) is 3.22. The molecule has 0 aliphatic rings. The van der Waals surface area contributed by atoms with Crippen molar-refractivity contribution >= 4 is 33.3 Å². The molecule has 1 amide bonds. The van der Waals surface area contributed by atoms with Crippen LogP contribution in [0.1, 0.15) is 22.8 Å². The van der Waals surface area contributed by atoms with Crippen LogP contribution in [0.4, 0.5) is 5.69 Å². The zero-order valence-electron chi connectivity index (χ0n) is 15.7. The van der Waals surface area contributed by atoms with Gasteiger partial charge in [0.2, 0.25) is 5.56 Å². The molecule has 0 atom stereocenters. The van der Waals surface area contributed by atoms with Gasteiger partial charge in [-0.1, -0.05) is 36.4 Å². The highest BCUT2D eigenvalue weighted by Gasteiger charge is 2.17. The van der Waals surface area contributed by atoms with Crippen LogP contribution < -0.4 is 15.6 Å². The molecule has 140 valence electrons. The fourth-order valence-corrected chi connectivity index (χ4v) is 3.47. The van der Waals surface area contributed by atoms with Gasteiger partial charge in [0.1, 0.15) is 5.75 Å². The maximum Gasteiger partial charge on any atom is 0.260 e.